The van der Waals surface area contributed by atoms with E-state index in [4.69, 9.17) is 0 Å². The number of aromatic nitrogens is 2. The van der Waals surface area contributed by atoms with Crippen LogP contribution in [0, 0.1) is 0 Å². The lowest BCUT2D eigenvalue weighted by Crippen LogP contribution is -2.44. The Hall–Kier alpha value is -2.09. The van der Waals surface area contributed by atoms with Crippen molar-refractivity contribution in [1.29, 1.82) is 0 Å². The maximum atomic E-state index is 12.8. The van der Waals surface area contributed by atoms with Crippen molar-refractivity contribution < 1.29 is 13.2 Å². The number of hydrogen-bond acceptors (Lipinski definition) is 3. The summed E-state index contributed by atoms with van der Waals surface area (Å²) in [5.41, 5.74) is -1.93. The summed E-state index contributed by atoms with van der Waals surface area (Å²) in [6.07, 6.45) is -3.60. The molecular formula is C14H14F3N3O2. The van der Waals surface area contributed by atoms with Gasteiger partial charge < -0.3 is 0 Å². The molecule has 5 nitrogen and oxygen atoms in total. The highest BCUT2D eigenvalue weighted by Crippen LogP contribution is 2.30. The molecule has 118 valence electrons. The van der Waals surface area contributed by atoms with Crippen molar-refractivity contribution in [2.45, 2.75) is 25.2 Å². The first-order valence-corrected chi connectivity index (χ1v) is 6.86. The van der Waals surface area contributed by atoms with Crippen LogP contribution in [0.1, 0.15) is 24.6 Å². The van der Waals surface area contributed by atoms with Crippen LogP contribution in [0.15, 0.2) is 27.8 Å². The van der Waals surface area contributed by atoms with Crippen LogP contribution in [0.3, 0.4) is 0 Å². The molecule has 0 spiro atoms. The molecule has 0 saturated carbocycles. The molecule has 1 aromatic carbocycles. The fourth-order valence-electron chi connectivity index (χ4n) is 2.82. The molecule has 0 amide bonds. The maximum absolute atomic E-state index is 12.8. The van der Waals surface area contributed by atoms with E-state index in [2.05, 4.69) is 5.32 Å². The molecule has 0 aliphatic carbocycles. The molecule has 1 aromatic heterocycles. The summed E-state index contributed by atoms with van der Waals surface area (Å²) >= 11 is 0. The molecule has 1 fully saturated rings. The number of nitrogens with zero attached hydrogens (tertiary/aromatic N) is 2. The van der Waals surface area contributed by atoms with Crippen molar-refractivity contribution in [2.24, 2.45) is 7.05 Å². The largest absolute Gasteiger partial charge is 0.416 e. The predicted octanol–water partition coefficient (Wildman–Crippen LogP) is 1.60. The number of halogens is 3. The first kappa shape index (κ1) is 14.8. The highest BCUT2D eigenvalue weighted by molar-refractivity contribution is 5.79. The zero-order valence-electron chi connectivity index (χ0n) is 11.8. The average Bonchev–Trinajstić information content (AvgIpc) is 2.97. The van der Waals surface area contributed by atoms with Crippen LogP contribution in [0.25, 0.3) is 10.9 Å². The van der Waals surface area contributed by atoms with Crippen LogP contribution in [0.2, 0.25) is 0 Å². The lowest BCUT2D eigenvalue weighted by atomic mass is 10.1. The van der Waals surface area contributed by atoms with Gasteiger partial charge in [0.15, 0.2) is 0 Å². The van der Waals surface area contributed by atoms with Gasteiger partial charge in [0, 0.05) is 7.05 Å². The van der Waals surface area contributed by atoms with Crippen molar-refractivity contribution in [3.8, 4) is 0 Å². The lowest BCUT2D eigenvalue weighted by Gasteiger charge is -2.17. The molecule has 0 bridgehead atoms. The van der Waals surface area contributed by atoms with E-state index in [9.17, 15) is 22.8 Å². The van der Waals surface area contributed by atoms with Crippen LogP contribution in [-0.2, 0) is 13.2 Å². The molecular weight excluding hydrogens is 299 g/mol. The molecule has 3 rings (SSSR count). The molecule has 1 aliphatic rings. The molecule has 2 heterocycles. The third-order valence-corrected chi connectivity index (χ3v) is 3.97. The number of nitrogens with one attached hydrogen (secondary N) is 1. The first-order valence-electron chi connectivity index (χ1n) is 6.86. The van der Waals surface area contributed by atoms with Crippen LogP contribution in [0.5, 0.6) is 0 Å². The van der Waals surface area contributed by atoms with Crippen molar-refractivity contribution in [2.75, 3.05) is 6.54 Å². The lowest BCUT2D eigenvalue weighted by molar-refractivity contribution is -0.137. The Morgan fingerprint density at radius 2 is 2.00 bits per heavy atom. The first-order chi connectivity index (χ1) is 10.3. The van der Waals surface area contributed by atoms with E-state index in [1.807, 2.05) is 0 Å². The average molecular weight is 313 g/mol. The second-order valence-electron chi connectivity index (χ2n) is 5.36. The molecule has 0 radical (unpaired) electrons. The number of rotatable bonds is 1. The zero-order chi connectivity index (χ0) is 16.1. The minimum Gasteiger partial charge on any atom is -0.297 e. The Balaban J connectivity index is 2.34. The van der Waals surface area contributed by atoms with Gasteiger partial charge in [-0.25, -0.2) is 9.36 Å². The van der Waals surface area contributed by atoms with Gasteiger partial charge in [0.1, 0.15) is 0 Å². The Kier molecular flexibility index (Phi) is 3.36. The van der Waals surface area contributed by atoms with Crippen LogP contribution >= 0.6 is 0 Å². The zero-order valence-corrected chi connectivity index (χ0v) is 11.8. The fourth-order valence-corrected chi connectivity index (χ4v) is 2.82. The van der Waals surface area contributed by atoms with E-state index < -0.39 is 29.2 Å². The SMILES string of the molecule is Cn1c(=O)n(C2CCCN2)c(=O)c2cc(C(F)(F)F)ccc21. The van der Waals surface area contributed by atoms with Gasteiger partial charge in [-0.15, -0.1) is 0 Å². The molecule has 2 aromatic rings. The van der Waals surface area contributed by atoms with Gasteiger partial charge in [-0.2, -0.15) is 13.2 Å². The molecule has 1 saturated heterocycles. The van der Waals surface area contributed by atoms with E-state index in [0.29, 0.717) is 13.0 Å². The molecule has 1 aliphatic heterocycles. The summed E-state index contributed by atoms with van der Waals surface area (Å²) in [7, 11) is 1.45. The fraction of sp³-hybridized carbons (Fsp3) is 0.429. The monoisotopic (exact) mass is 313 g/mol. The number of fused-ring (bicyclic) bond motifs is 1. The van der Waals surface area contributed by atoms with E-state index >= 15 is 0 Å². The van der Waals surface area contributed by atoms with Gasteiger partial charge in [-0.1, -0.05) is 0 Å². The third-order valence-electron chi connectivity index (χ3n) is 3.97. The summed E-state index contributed by atoms with van der Waals surface area (Å²) in [6.45, 7) is 0.668. The maximum Gasteiger partial charge on any atom is 0.416 e. The second kappa shape index (κ2) is 4.98. The highest BCUT2D eigenvalue weighted by Gasteiger charge is 2.31. The molecule has 1 atom stereocenters. The summed E-state index contributed by atoms with van der Waals surface area (Å²) in [5, 5.41) is 2.91. The molecule has 1 N–H and O–H groups in total. The number of alkyl halides is 3. The standard InChI is InChI=1S/C14H14F3N3O2/c1-19-10-5-4-8(14(15,16)17)7-9(10)12(21)20(13(19)22)11-3-2-6-18-11/h4-5,7,11,18H,2-3,6H2,1H3. The third kappa shape index (κ3) is 2.23. The van der Waals surface area contributed by atoms with Crippen molar-refractivity contribution in [1.82, 2.24) is 14.5 Å². The van der Waals surface area contributed by atoms with E-state index in [1.54, 1.807) is 0 Å². The Morgan fingerprint density at radius 3 is 2.59 bits per heavy atom. The van der Waals surface area contributed by atoms with Crippen molar-refractivity contribution >= 4 is 10.9 Å². The number of aryl methyl sites for hydroxylation is 1. The van der Waals surface area contributed by atoms with Crippen LogP contribution in [-0.4, -0.2) is 15.7 Å². The van der Waals surface area contributed by atoms with Crippen LogP contribution < -0.4 is 16.6 Å². The normalized spacial score (nSPS) is 19.0. The van der Waals surface area contributed by atoms with E-state index in [0.717, 1.165) is 29.2 Å². The summed E-state index contributed by atoms with van der Waals surface area (Å²) in [5.74, 6) is 0. The van der Waals surface area contributed by atoms with Crippen LogP contribution in [0.4, 0.5) is 13.2 Å². The highest BCUT2D eigenvalue weighted by atomic mass is 19.4. The van der Waals surface area contributed by atoms with Crippen molar-refractivity contribution in [3.63, 3.8) is 0 Å². The van der Waals surface area contributed by atoms with E-state index in [1.165, 1.54) is 11.6 Å². The summed E-state index contributed by atoms with van der Waals surface area (Å²) in [6, 6.07) is 2.84. The quantitative estimate of drug-likeness (QED) is 0.870. The predicted molar refractivity (Wildman–Crippen MR) is 74.7 cm³/mol. The summed E-state index contributed by atoms with van der Waals surface area (Å²) in [4.78, 5) is 24.8. The Bertz CT molecular complexity index is 845. The Labute approximate surface area is 123 Å². The van der Waals surface area contributed by atoms with Gasteiger partial charge in [0.2, 0.25) is 0 Å². The van der Waals surface area contributed by atoms with Gasteiger partial charge in [-0.3, -0.25) is 14.7 Å². The minimum atomic E-state index is -4.54. The van der Waals surface area contributed by atoms with Gasteiger partial charge in [-0.05, 0) is 37.6 Å². The molecule has 22 heavy (non-hydrogen) atoms. The smallest absolute Gasteiger partial charge is 0.297 e. The summed E-state index contributed by atoms with van der Waals surface area (Å²) < 4.78 is 40.7. The Morgan fingerprint density at radius 1 is 1.27 bits per heavy atom. The molecule has 1 unspecified atom stereocenters. The van der Waals surface area contributed by atoms with Gasteiger partial charge >= 0.3 is 11.9 Å². The molecule has 8 heteroatoms. The van der Waals surface area contributed by atoms with Gasteiger partial charge in [0.05, 0.1) is 22.6 Å². The van der Waals surface area contributed by atoms with Gasteiger partial charge in [0.25, 0.3) is 5.56 Å². The van der Waals surface area contributed by atoms with E-state index in [-0.39, 0.29) is 10.9 Å². The van der Waals surface area contributed by atoms with Crippen molar-refractivity contribution in [3.05, 3.63) is 44.6 Å². The number of benzene rings is 1. The second-order valence-corrected chi connectivity index (χ2v) is 5.36. The number of hydrogen-bond donors (Lipinski definition) is 1. The minimum absolute atomic E-state index is 0.106. The topological polar surface area (TPSA) is 56.0 Å².